The second-order valence-corrected chi connectivity index (χ2v) is 5.15. The van der Waals surface area contributed by atoms with Crippen molar-refractivity contribution in [2.45, 2.75) is 65.8 Å². The summed E-state index contributed by atoms with van der Waals surface area (Å²) < 4.78 is 5.44. The number of nitrogens with zero attached hydrogens (tertiary/aromatic N) is 2. The van der Waals surface area contributed by atoms with Gasteiger partial charge in [0.15, 0.2) is 5.96 Å². The molecule has 5 heteroatoms. The van der Waals surface area contributed by atoms with Gasteiger partial charge in [-0.15, -0.1) is 0 Å². The number of aromatic nitrogens is 1. The van der Waals surface area contributed by atoms with Crippen molar-refractivity contribution in [3.8, 4) is 0 Å². The zero-order valence-corrected chi connectivity index (χ0v) is 13.0. The summed E-state index contributed by atoms with van der Waals surface area (Å²) in [6, 6.07) is 0. The Labute approximate surface area is 122 Å². The Kier molecular flexibility index (Phi) is 7.77. The van der Waals surface area contributed by atoms with Gasteiger partial charge in [-0.1, -0.05) is 39.0 Å². The van der Waals surface area contributed by atoms with Crippen LogP contribution in [0.4, 0.5) is 0 Å². The van der Waals surface area contributed by atoms with Gasteiger partial charge in [0.25, 0.3) is 0 Å². The number of aliphatic imine (C=N–C) groups is 1. The third-order valence-corrected chi connectivity index (χ3v) is 3.29. The predicted octanol–water partition coefficient (Wildman–Crippen LogP) is 3.06. The summed E-state index contributed by atoms with van der Waals surface area (Å²) in [6.45, 7) is 7.33. The zero-order valence-electron chi connectivity index (χ0n) is 13.0. The highest BCUT2D eigenvalue weighted by molar-refractivity contribution is 5.77. The number of guanidine groups is 1. The first-order valence-corrected chi connectivity index (χ1v) is 7.60. The van der Waals surface area contributed by atoms with Crippen molar-refractivity contribution in [1.29, 1.82) is 0 Å². The fraction of sp³-hybridized carbons (Fsp3) is 0.733. The molecule has 0 saturated heterocycles. The van der Waals surface area contributed by atoms with Crippen molar-refractivity contribution in [2.24, 2.45) is 10.7 Å². The molecule has 0 bridgehead atoms. The molecule has 5 nitrogen and oxygen atoms in total. The number of aryl methyl sites for hydroxylation is 2. The van der Waals surface area contributed by atoms with Crippen molar-refractivity contribution in [2.75, 3.05) is 6.54 Å². The molecule has 0 unspecified atom stereocenters. The van der Waals surface area contributed by atoms with E-state index in [0.717, 1.165) is 24.4 Å². The molecular formula is C15H28N4O. The first kappa shape index (κ1) is 16.5. The Morgan fingerprint density at radius 3 is 2.55 bits per heavy atom. The van der Waals surface area contributed by atoms with Gasteiger partial charge in [0.1, 0.15) is 12.3 Å². The maximum atomic E-state index is 5.80. The van der Waals surface area contributed by atoms with E-state index in [0.29, 0.717) is 18.4 Å². The lowest BCUT2D eigenvalue weighted by Crippen LogP contribution is -2.32. The number of unbranched alkanes of at least 4 members (excludes halogenated alkanes) is 5. The second-order valence-electron chi connectivity index (χ2n) is 5.15. The maximum Gasteiger partial charge on any atom is 0.216 e. The van der Waals surface area contributed by atoms with Gasteiger partial charge in [-0.05, 0) is 20.3 Å². The lowest BCUT2D eigenvalue weighted by atomic mass is 10.1. The molecule has 1 heterocycles. The second kappa shape index (κ2) is 9.39. The van der Waals surface area contributed by atoms with Crippen molar-refractivity contribution in [1.82, 2.24) is 10.3 Å². The Bertz CT molecular complexity index is 393. The molecule has 1 aromatic heterocycles. The van der Waals surface area contributed by atoms with Crippen LogP contribution in [-0.2, 0) is 6.54 Å². The first-order chi connectivity index (χ1) is 9.63. The van der Waals surface area contributed by atoms with E-state index < -0.39 is 0 Å². The van der Waals surface area contributed by atoms with E-state index in [1.54, 1.807) is 0 Å². The lowest BCUT2D eigenvalue weighted by Gasteiger charge is -2.04. The summed E-state index contributed by atoms with van der Waals surface area (Å²) in [5.74, 6) is 1.92. The minimum Gasteiger partial charge on any atom is -0.444 e. The number of oxazole rings is 1. The molecule has 0 radical (unpaired) electrons. The molecule has 1 rings (SSSR count). The molecule has 0 aromatic carbocycles. The fourth-order valence-corrected chi connectivity index (χ4v) is 1.94. The number of hydrogen-bond donors (Lipinski definition) is 2. The minimum absolute atomic E-state index is 0.393. The SMILES string of the molecule is CCCCCCCCNC(N)=NCc1nc(C)c(C)o1. The topological polar surface area (TPSA) is 76.4 Å². The summed E-state index contributed by atoms with van der Waals surface area (Å²) >= 11 is 0. The third-order valence-electron chi connectivity index (χ3n) is 3.29. The van der Waals surface area contributed by atoms with Gasteiger partial charge in [-0.2, -0.15) is 0 Å². The summed E-state index contributed by atoms with van der Waals surface area (Å²) in [4.78, 5) is 8.49. The van der Waals surface area contributed by atoms with Crippen molar-refractivity contribution < 1.29 is 4.42 Å². The highest BCUT2D eigenvalue weighted by atomic mass is 16.4. The normalized spacial score (nSPS) is 11.8. The minimum atomic E-state index is 0.393. The van der Waals surface area contributed by atoms with Crippen LogP contribution >= 0.6 is 0 Å². The van der Waals surface area contributed by atoms with E-state index >= 15 is 0 Å². The Hall–Kier alpha value is -1.52. The van der Waals surface area contributed by atoms with E-state index in [4.69, 9.17) is 10.2 Å². The van der Waals surface area contributed by atoms with E-state index in [2.05, 4.69) is 22.2 Å². The molecule has 3 N–H and O–H groups in total. The molecule has 0 atom stereocenters. The smallest absolute Gasteiger partial charge is 0.216 e. The molecule has 114 valence electrons. The number of rotatable bonds is 9. The summed E-state index contributed by atoms with van der Waals surface area (Å²) in [7, 11) is 0. The standard InChI is InChI=1S/C15H28N4O/c1-4-5-6-7-8-9-10-17-15(16)18-11-14-19-12(2)13(3)20-14/h4-11H2,1-3H3,(H3,16,17,18). The van der Waals surface area contributed by atoms with Crippen LogP contribution in [0.5, 0.6) is 0 Å². The summed E-state index contributed by atoms with van der Waals surface area (Å²) in [5, 5.41) is 3.12. The predicted molar refractivity (Wildman–Crippen MR) is 82.7 cm³/mol. The van der Waals surface area contributed by atoms with Crippen LogP contribution < -0.4 is 11.1 Å². The van der Waals surface area contributed by atoms with Crippen LogP contribution in [0.25, 0.3) is 0 Å². The molecule has 0 aliphatic heterocycles. The van der Waals surface area contributed by atoms with Gasteiger partial charge in [-0.25, -0.2) is 9.98 Å². The first-order valence-electron chi connectivity index (χ1n) is 7.60. The monoisotopic (exact) mass is 280 g/mol. The average Bonchev–Trinajstić information content (AvgIpc) is 2.74. The van der Waals surface area contributed by atoms with Crippen LogP contribution in [0, 0.1) is 13.8 Å². The van der Waals surface area contributed by atoms with Crippen LogP contribution in [-0.4, -0.2) is 17.5 Å². The molecule has 0 fully saturated rings. The number of nitrogens with one attached hydrogen (secondary N) is 1. The van der Waals surface area contributed by atoms with Crippen LogP contribution in [0.1, 0.15) is 62.8 Å². The van der Waals surface area contributed by atoms with Crippen LogP contribution in [0.2, 0.25) is 0 Å². The Balaban J connectivity index is 2.12. The molecule has 1 aromatic rings. The lowest BCUT2D eigenvalue weighted by molar-refractivity contribution is 0.473. The van der Waals surface area contributed by atoms with Crippen molar-refractivity contribution >= 4 is 5.96 Å². The Morgan fingerprint density at radius 2 is 1.90 bits per heavy atom. The van der Waals surface area contributed by atoms with E-state index in [-0.39, 0.29) is 0 Å². The van der Waals surface area contributed by atoms with E-state index in [1.807, 2.05) is 13.8 Å². The summed E-state index contributed by atoms with van der Waals surface area (Å²) in [6.07, 6.45) is 7.66. The quantitative estimate of drug-likeness (QED) is 0.414. The molecule has 0 spiro atoms. The highest BCUT2D eigenvalue weighted by Crippen LogP contribution is 2.08. The average molecular weight is 280 g/mol. The van der Waals surface area contributed by atoms with Gasteiger partial charge in [0.05, 0.1) is 5.69 Å². The maximum absolute atomic E-state index is 5.80. The highest BCUT2D eigenvalue weighted by Gasteiger charge is 2.04. The van der Waals surface area contributed by atoms with E-state index in [9.17, 15) is 0 Å². The van der Waals surface area contributed by atoms with Gasteiger partial charge in [0.2, 0.25) is 5.89 Å². The van der Waals surface area contributed by atoms with Crippen molar-refractivity contribution in [3.05, 3.63) is 17.3 Å². The van der Waals surface area contributed by atoms with Gasteiger partial charge in [-0.3, -0.25) is 0 Å². The number of nitrogens with two attached hydrogens (primary N) is 1. The molecule has 0 amide bonds. The van der Waals surface area contributed by atoms with E-state index in [1.165, 1.54) is 32.1 Å². The molecule has 0 aliphatic carbocycles. The molecule has 0 saturated carbocycles. The fourth-order valence-electron chi connectivity index (χ4n) is 1.94. The molecule has 0 aliphatic rings. The molecule has 20 heavy (non-hydrogen) atoms. The summed E-state index contributed by atoms with van der Waals surface area (Å²) in [5.41, 5.74) is 6.71. The largest absolute Gasteiger partial charge is 0.444 e. The number of hydrogen-bond acceptors (Lipinski definition) is 3. The van der Waals surface area contributed by atoms with Gasteiger partial charge in [0, 0.05) is 6.54 Å². The third kappa shape index (κ3) is 6.59. The van der Waals surface area contributed by atoms with Crippen LogP contribution in [0.3, 0.4) is 0 Å². The Morgan fingerprint density at radius 1 is 1.20 bits per heavy atom. The van der Waals surface area contributed by atoms with Gasteiger partial charge < -0.3 is 15.5 Å². The van der Waals surface area contributed by atoms with Gasteiger partial charge >= 0.3 is 0 Å². The van der Waals surface area contributed by atoms with Crippen LogP contribution in [0.15, 0.2) is 9.41 Å². The van der Waals surface area contributed by atoms with Crippen molar-refractivity contribution in [3.63, 3.8) is 0 Å². The zero-order chi connectivity index (χ0) is 14.8. The molecular weight excluding hydrogens is 252 g/mol.